The summed E-state index contributed by atoms with van der Waals surface area (Å²) < 4.78 is 5.24. The number of hydrogen-bond donors (Lipinski definition) is 0. The molecule has 1 aliphatic rings. The number of esters is 1. The third-order valence-corrected chi connectivity index (χ3v) is 4.41. The minimum absolute atomic E-state index is 0.0993. The second kappa shape index (κ2) is 6.58. The zero-order valence-electron chi connectivity index (χ0n) is 14.3. The number of ether oxygens (including phenoxy) is 1. The van der Waals surface area contributed by atoms with Crippen LogP contribution in [-0.4, -0.2) is 34.2 Å². The first kappa shape index (κ1) is 17.3. The quantitative estimate of drug-likeness (QED) is 0.228. The average Bonchev–Trinajstić information content (AvgIpc) is 2.92. The summed E-state index contributed by atoms with van der Waals surface area (Å²) >= 11 is 0. The van der Waals surface area contributed by atoms with E-state index in [1.807, 2.05) is 24.3 Å². The molecular formula is C20H12N2O6. The third kappa shape index (κ3) is 2.86. The minimum atomic E-state index is -0.886. The summed E-state index contributed by atoms with van der Waals surface area (Å²) in [6.45, 7) is -0.643. The van der Waals surface area contributed by atoms with Crippen molar-refractivity contribution < 1.29 is 24.0 Å². The zero-order chi connectivity index (χ0) is 19.8. The van der Waals surface area contributed by atoms with Gasteiger partial charge in [0.2, 0.25) is 0 Å². The molecule has 0 bridgehead atoms. The molecule has 1 heterocycles. The summed E-state index contributed by atoms with van der Waals surface area (Å²) in [7, 11) is 0. The molecule has 0 spiro atoms. The van der Waals surface area contributed by atoms with E-state index >= 15 is 0 Å². The Morgan fingerprint density at radius 1 is 0.964 bits per heavy atom. The summed E-state index contributed by atoms with van der Waals surface area (Å²) in [5.41, 5.74) is -0.880. The van der Waals surface area contributed by atoms with Crippen LogP contribution >= 0.6 is 0 Å². The van der Waals surface area contributed by atoms with Crippen molar-refractivity contribution >= 4 is 34.2 Å². The van der Waals surface area contributed by atoms with E-state index in [4.69, 9.17) is 4.74 Å². The number of benzene rings is 3. The molecule has 0 aromatic heterocycles. The highest BCUT2D eigenvalue weighted by Crippen LogP contribution is 2.30. The van der Waals surface area contributed by atoms with Crippen LogP contribution in [-0.2, 0) is 4.79 Å². The van der Waals surface area contributed by atoms with Gasteiger partial charge >= 0.3 is 5.97 Å². The monoisotopic (exact) mass is 376 g/mol. The SMILES string of the molecule is O=C(CN1C(=O)c2cccc([N+](=O)[O-])c2C1=O)Oc1ccc2ccccc2c1. The Hall–Kier alpha value is -4.07. The predicted octanol–water partition coefficient (Wildman–Crippen LogP) is 2.95. The van der Waals surface area contributed by atoms with E-state index in [0.29, 0.717) is 4.90 Å². The fraction of sp³-hybridized carbons (Fsp3) is 0.0500. The van der Waals surface area contributed by atoms with Gasteiger partial charge in [-0.25, -0.2) is 4.79 Å². The van der Waals surface area contributed by atoms with Crippen molar-refractivity contribution in [1.82, 2.24) is 4.90 Å². The molecule has 0 saturated heterocycles. The molecule has 0 atom stereocenters. The topological polar surface area (TPSA) is 107 Å². The third-order valence-electron chi connectivity index (χ3n) is 4.41. The number of rotatable bonds is 4. The maximum Gasteiger partial charge on any atom is 0.331 e. The summed E-state index contributed by atoms with van der Waals surface area (Å²) in [4.78, 5) is 48.2. The van der Waals surface area contributed by atoms with Crippen LogP contribution < -0.4 is 4.74 Å². The fourth-order valence-corrected chi connectivity index (χ4v) is 3.14. The van der Waals surface area contributed by atoms with Crippen LogP contribution in [0.25, 0.3) is 10.8 Å². The number of fused-ring (bicyclic) bond motifs is 2. The molecule has 8 nitrogen and oxygen atoms in total. The highest BCUT2D eigenvalue weighted by atomic mass is 16.6. The molecule has 0 N–H and O–H groups in total. The van der Waals surface area contributed by atoms with Crippen molar-refractivity contribution in [2.24, 2.45) is 0 Å². The van der Waals surface area contributed by atoms with E-state index in [2.05, 4.69) is 0 Å². The molecule has 1 aliphatic heterocycles. The van der Waals surface area contributed by atoms with Gasteiger partial charge in [0.1, 0.15) is 17.9 Å². The number of carbonyl (C=O) groups excluding carboxylic acids is 3. The average molecular weight is 376 g/mol. The summed E-state index contributed by atoms with van der Waals surface area (Å²) in [5, 5.41) is 13.0. The van der Waals surface area contributed by atoms with Crippen LogP contribution in [0.3, 0.4) is 0 Å². The fourth-order valence-electron chi connectivity index (χ4n) is 3.14. The molecule has 4 rings (SSSR count). The van der Waals surface area contributed by atoms with E-state index in [9.17, 15) is 24.5 Å². The van der Waals surface area contributed by atoms with Crippen LogP contribution in [0.2, 0.25) is 0 Å². The molecule has 138 valence electrons. The van der Waals surface area contributed by atoms with Gasteiger partial charge in [-0.05, 0) is 29.0 Å². The number of nitro benzene ring substituents is 1. The summed E-state index contributed by atoms with van der Waals surface area (Å²) in [5.74, 6) is -2.21. The highest BCUT2D eigenvalue weighted by molar-refractivity contribution is 6.24. The summed E-state index contributed by atoms with van der Waals surface area (Å²) in [6, 6.07) is 16.3. The molecular weight excluding hydrogens is 364 g/mol. The molecule has 3 aromatic carbocycles. The van der Waals surface area contributed by atoms with Crippen molar-refractivity contribution in [2.75, 3.05) is 6.54 Å². The molecule has 0 saturated carbocycles. The second-order valence-electron chi connectivity index (χ2n) is 6.14. The maximum atomic E-state index is 12.5. The first-order valence-corrected chi connectivity index (χ1v) is 8.29. The van der Waals surface area contributed by atoms with Crippen molar-refractivity contribution in [3.63, 3.8) is 0 Å². The van der Waals surface area contributed by atoms with E-state index < -0.39 is 34.9 Å². The van der Waals surface area contributed by atoms with Crippen LogP contribution in [0.15, 0.2) is 60.7 Å². The lowest BCUT2D eigenvalue weighted by atomic mass is 10.1. The molecule has 0 aliphatic carbocycles. The smallest absolute Gasteiger partial charge is 0.331 e. The minimum Gasteiger partial charge on any atom is -0.425 e. The first-order valence-electron chi connectivity index (χ1n) is 8.29. The van der Waals surface area contributed by atoms with Crippen LogP contribution in [0.1, 0.15) is 20.7 Å². The van der Waals surface area contributed by atoms with Gasteiger partial charge in [-0.1, -0.05) is 36.4 Å². The van der Waals surface area contributed by atoms with Crippen molar-refractivity contribution in [3.8, 4) is 5.75 Å². The Bertz CT molecular complexity index is 1170. The highest BCUT2D eigenvalue weighted by Gasteiger charge is 2.41. The largest absolute Gasteiger partial charge is 0.425 e. The molecule has 8 heteroatoms. The van der Waals surface area contributed by atoms with Gasteiger partial charge in [0.15, 0.2) is 0 Å². The summed E-state index contributed by atoms with van der Waals surface area (Å²) in [6.07, 6.45) is 0. The molecule has 0 unspecified atom stereocenters. The van der Waals surface area contributed by atoms with Gasteiger partial charge in [-0.3, -0.25) is 24.6 Å². The van der Waals surface area contributed by atoms with E-state index in [1.54, 1.807) is 18.2 Å². The van der Waals surface area contributed by atoms with E-state index in [-0.39, 0.29) is 16.9 Å². The van der Waals surface area contributed by atoms with Gasteiger partial charge in [0.25, 0.3) is 17.5 Å². The van der Waals surface area contributed by atoms with Crippen molar-refractivity contribution in [3.05, 3.63) is 81.9 Å². The first-order chi connectivity index (χ1) is 13.5. The second-order valence-corrected chi connectivity index (χ2v) is 6.14. The van der Waals surface area contributed by atoms with E-state index in [1.165, 1.54) is 12.1 Å². The normalized spacial score (nSPS) is 12.9. The lowest BCUT2D eigenvalue weighted by molar-refractivity contribution is -0.385. The number of amides is 2. The molecule has 2 amide bonds. The molecule has 3 aromatic rings. The number of hydrogen-bond acceptors (Lipinski definition) is 6. The molecule has 28 heavy (non-hydrogen) atoms. The maximum absolute atomic E-state index is 12.5. The predicted molar refractivity (Wildman–Crippen MR) is 98.0 cm³/mol. The van der Waals surface area contributed by atoms with Crippen LogP contribution in [0.5, 0.6) is 5.75 Å². The number of nitrogens with zero attached hydrogens (tertiary/aromatic N) is 2. The van der Waals surface area contributed by atoms with Gasteiger partial charge in [-0.2, -0.15) is 0 Å². The number of imide groups is 1. The van der Waals surface area contributed by atoms with Crippen molar-refractivity contribution in [2.45, 2.75) is 0 Å². The van der Waals surface area contributed by atoms with Crippen LogP contribution in [0.4, 0.5) is 5.69 Å². The Labute approximate surface area is 158 Å². The van der Waals surface area contributed by atoms with Gasteiger partial charge in [-0.15, -0.1) is 0 Å². The van der Waals surface area contributed by atoms with Gasteiger partial charge in [0, 0.05) is 6.07 Å². The van der Waals surface area contributed by atoms with Gasteiger partial charge in [0.05, 0.1) is 10.5 Å². The van der Waals surface area contributed by atoms with Gasteiger partial charge < -0.3 is 4.74 Å². The van der Waals surface area contributed by atoms with Crippen molar-refractivity contribution in [1.29, 1.82) is 0 Å². The Morgan fingerprint density at radius 2 is 1.71 bits per heavy atom. The Balaban J connectivity index is 1.54. The lowest BCUT2D eigenvalue weighted by Gasteiger charge is -2.13. The number of carbonyl (C=O) groups is 3. The lowest BCUT2D eigenvalue weighted by Crippen LogP contribution is -2.36. The molecule has 0 radical (unpaired) electrons. The Kier molecular flexibility index (Phi) is 4.08. The Morgan fingerprint density at radius 3 is 2.46 bits per heavy atom. The number of nitro groups is 1. The molecule has 0 fully saturated rings. The zero-order valence-corrected chi connectivity index (χ0v) is 14.3. The standard InChI is InChI=1S/C20H12N2O6/c23-17(28-14-9-8-12-4-1-2-5-13(12)10-14)11-21-19(24)15-6-3-7-16(22(26)27)18(15)20(21)25/h1-10H,11H2. The van der Waals surface area contributed by atoms with Crippen LogP contribution in [0, 0.1) is 10.1 Å². The van der Waals surface area contributed by atoms with E-state index in [0.717, 1.165) is 16.8 Å².